The van der Waals surface area contributed by atoms with E-state index in [1.807, 2.05) is 6.07 Å². The molecule has 2 rings (SSSR count). The minimum Gasteiger partial charge on any atom is -0.462 e. The first-order valence-electron chi connectivity index (χ1n) is 17.9. The Hall–Kier alpha value is -1.39. The highest BCUT2D eigenvalue weighted by molar-refractivity contribution is 5.69. The van der Waals surface area contributed by atoms with E-state index >= 15 is 0 Å². The van der Waals surface area contributed by atoms with Gasteiger partial charge in [0.15, 0.2) is 0 Å². The number of piperidine rings is 1. The molecule has 0 bridgehead atoms. The Morgan fingerprint density at radius 2 is 1.31 bits per heavy atom. The molecule has 0 amide bonds. The number of carbonyl (C=O) groups excluding carboxylic acids is 1. The summed E-state index contributed by atoms with van der Waals surface area (Å²) in [5, 5.41) is 2.28. The Morgan fingerprint density at radius 3 is 1.79 bits per heavy atom. The van der Waals surface area contributed by atoms with Crippen molar-refractivity contribution in [3.63, 3.8) is 0 Å². The average molecular weight is 586 g/mol. The Labute approximate surface area is 260 Å². The van der Waals surface area contributed by atoms with Gasteiger partial charge in [-0.1, -0.05) is 148 Å². The summed E-state index contributed by atoms with van der Waals surface area (Å²) in [5.74, 6) is 0.153. The van der Waals surface area contributed by atoms with Crippen LogP contribution in [0, 0.1) is 5.92 Å². The molecule has 4 nitrogen and oxygen atoms in total. The third-order valence-electron chi connectivity index (χ3n) is 10.4. The van der Waals surface area contributed by atoms with Crippen molar-refractivity contribution < 1.29 is 14.4 Å². The van der Waals surface area contributed by atoms with Crippen molar-refractivity contribution in [3.8, 4) is 0 Å². The smallest absolute Gasteiger partial charge is 0.306 e. The van der Waals surface area contributed by atoms with Crippen molar-refractivity contribution in [1.29, 1.82) is 0 Å². The molecule has 5 atom stereocenters. The Kier molecular flexibility index (Phi) is 17.3. The number of hydroxylamine groups is 2. The van der Waals surface area contributed by atoms with Gasteiger partial charge in [-0.25, -0.2) is 0 Å². The molecule has 0 aliphatic carbocycles. The van der Waals surface area contributed by atoms with Gasteiger partial charge in [0.05, 0.1) is 0 Å². The first kappa shape index (κ1) is 36.8. The number of nitrogens with zero attached hydrogens (tertiary/aromatic N) is 1. The molecule has 1 aromatic carbocycles. The molecule has 1 aliphatic heterocycles. The highest BCUT2D eigenvalue weighted by Gasteiger charge is 2.55. The molecule has 1 aliphatic rings. The molecule has 0 saturated carbocycles. The van der Waals surface area contributed by atoms with E-state index in [0.717, 1.165) is 32.1 Å². The summed E-state index contributed by atoms with van der Waals surface area (Å²) in [4.78, 5) is 19.7. The van der Waals surface area contributed by atoms with Crippen LogP contribution < -0.4 is 0 Å². The number of esters is 1. The predicted octanol–water partition coefficient (Wildman–Crippen LogP) is 11.5. The highest BCUT2D eigenvalue weighted by atomic mass is 16.7. The lowest BCUT2D eigenvalue weighted by Crippen LogP contribution is -2.68. The molecule has 5 unspecified atom stereocenters. The number of ether oxygens (including phenoxy) is 1. The molecule has 242 valence electrons. The van der Waals surface area contributed by atoms with Crippen LogP contribution in [0.4, 0.5) is 0 Å². The fourth-order valence-electron chi connectivity index (χ4n) is 6.85. The number of rotatable bonds is 22. The first-order valence-corrected chi connectivity index (χ1v) is 17.9. The third-order valence-corrected chi connectivity index (χ3v) is 10.4. The fraction of sp³-hybridized carbons (Fsp3) is 0.816. The maximum absolute atomic E-state index is 13.0. The largest absolute Gasteiger partial charge is 0.462 e. The molecule has 0 spiro atoms. The van der Waals surface area contributed by atoms with Gasteiger partial charge < -0.3 is 4.74 Å². The Morgan fingerprint density at radius 1 is 0.810 bits per heavy atom. The monoisotopic (exact) mass is 586 g/mol. The zero-order chi connectivity index (χ0) is 30.8. The summed E-state index contributed by atoms with van der Waals surface area (Å²) in [5.41, 5.74) is 0.741. The number of hydrogen-bond donors (Lipinski definition) is 0. The van der Waals surface area contributed by atoms with Crippen molar-refractivity contribution >= 4 is 5.97 Å². The van der Waals surface area contributed by atoms with E-state index in [1.54, 1.807) is 0 Å². The number of unbranched alkanes of at least 4 members (excludes halogenated alkanes) is 14. The second kappa shape index (κ2) is 19.8. The van der Waals surface area contributed by atoms with Gasteiger partial charge in [-0.3, -0.25) is 9.63 Å². The lowest BCUT2D eigenvalue weighted by Gasteiger charge is -2.59. The van der Waals surface area contributed by atoms with Crippen LogP contribution in [-0.2, 0) is 14.4 Å². The molecule has 0 N–H and O–H groups in total. The quantitative estimate of drug-likeness (QED) is 0.100. The van der Waals surface area contributed by atoms with Crippen LogP contribution in [0.3, 0.4) is 0 Å². The van der Waals surface area contributed by atoms with Gasteiger partial charge in [0.1, 0.15) is 12.2 Å². The van der Waals surface area contributed by atoms with Crippen molar-refractivity contribution in [3.05, 3.63) is 35.9 Å². The summed E-state index contributed by atoms with van der Waals surface area (Å²) < 4.78 is 6.23. The maximum atomic E-state index is 13.0. The predicted molar refractivity (Wildman–Crippen MR) is 178 cm³/mol. The van der Waals surface area contributed by atoms with Crippen LogP contribution in [0.1, 0.15) is 182 Å². The molecular weight excluding hydrogens is 518 g/mol. The molecule has 1 aromatic rings. The van der Waals surface area contributed by atoms with E-state index in [4.69, 9.17) is 9.57 Å². The van der Waals surface area contributed by atoms with Crippen LogP contribution in [0.2, 0.25) is 0 Å². The summed E-state index contributed by atoms with van der Waals surface area (Å²) in [7, 11) is 0. The van der Waals surface area contributed by atoms with Gasteiger partial charge in [-0.15, -0.1) is 0 Å². The highest BCUT2D eigenvalue weighted by Crippen LogP contribution is 2.48. The molecule has 42 heavy (non-hydrogen) atoms. The lowest BCUT2D eigenvalue weighted by molar-refractivity contribution is -0.336. The molecule has 0 aromatic heterocycles. The van der Waals surface area contributed by atoms with E-state index in [9.17, 15) is 4.79 Å². The maximum Gasteiger partial charge on any atom is 0.306 e. The second-order valence-corrected chi connectivity index (χ2v) is 13.7. The van der Waals surface area contributed by atoms with E-state index in [2.05, 4.69) is 77.8 Å². The molecule has 1 saturated heterocycles. The average Bonchev–Trinajstić information content (AvgIpc) is 3.00. The number of benzene rings is 1. The second-order valence-electron chi connectivity index (χ2n) is 13.7. The van der Waals surface area contributed by atoms with Crippen LogP contribution in [0.5, 0.6) is 0 Å². The van der Waals surface area contributed by atoms with E-state index in [1.165, 1.54) is 89.0 Å². The molecular formula is C38H67NO3. The minimum absolute atomic E-state index is 0.0227. The van der Waals surface area contributed by atoms with Gasteiger partial charge in [0.2, 0.25) is 0 Å². The normalized spacial score (nSPS) is 25.4. The SMILES string of the molecule is CCCCCCCCCCCCCCCCCC(=O)OC1CC(C)(CC)N(OC(C)c2ccccc2)C(C)(CC)C1C. The molecule has 1 fully saturated rings. The first-order chi connectivity index (χ1) is 20.2. The van der Waals surface area contributed by atoms with Gasteiger partial charge in [-0.2, -0.15) is 5.06 Å². The zero-order valence-electron chi connectivity index (χ0n) is 28.7. The summed E-state index contributed by atoms with van der Waals surface area (Å²) in [6.07, 6.45) is 23.1. The van der Waals surface area contributed by atoms with Crippen LogP contribution in [0.25, 0.3) is 0 Å². The third kappa shape index (κ3) is 11.6. The van der Waals surface area contributed by atoms with Gasteiger partial charge in [-0.05, 0) is 45.6 Å². The van der Waals surface area contributed by atoms with Crippen LogP contribution in [0.15, 0.2) is 30.3 Å². The standard InChI is InChI=1S/C38H67NO3/c1-8-11-12-13-14-15-16-17-18-19-20-21-22-23-27-30-36(40)41-35-31-37(6,9-2)39(38(7,10-3)32(35)4)42-33(5)34-28-25-24-26-29-34/h24-26,28-29,32-33,35H,8-23,27,30-31H2,1-7H3. The minimum atomic E-state index is -0.231. The summed E-state index contributed by atoms with van der Waals surface area (Å²) in [6, 6.07) is 10.4. The summed E-state index contributed by atoms with van der Waals surface area (Å²) >= 11 is 0. The Balaban J connectivity index is 1.71. The van der Waals surface area contributed by atoms with Crippen molar-refractivity contribution in [1.82, 2.24) is 5.06 Å². The van der Waals surface area contributed by atoms with Gasteiger partial charge >= 0.3 is 5.97 Å². The van der Waals surface area contributed by atoms with E-state index < -0.39 is 0 Å². The van der Waals surface area contributed by atoms with Crippen molar-refractivity contribution in [2.24, 2.45) is 5.92 Å². The van der Waals surface area contributed by atoms with Crippen molar-refractivity contribution in [2.75, 3.05) is 0 Å². The van der Waals surface area contributed by atoms with Gasteiger partial charge in [0.25, 0.3) is 0 Å². The fourth-order valence-corrected chi connectivity index (χ4v) is 6.85. The van der Waals surface area contributed by atoms with E-state index in [0.29, 0.717) is 6.42 Å². The van der Waals surface area contributed by atoms with Crippen LogP contribution >= 0.6 is 0 Å². The number of hydrogen-bond acceptors (Lipinski definition) is 4. The lowest BCUT2D eigenvalue weighted by atomic mass is 9.69. The molecule has 4 heteroatoms. The Bertz CT molecular complexity index is 844. The molecule has 1 heterocycles. The van der Waals surface area contributed by atoms with Gasteiger partial charge in [0, 0.05) is 29.8 Å². The summed E-state index contributed by atoms with van der Waals surface area (Å²) in [6.45, 7) is 15.7. The van der Waals surface area contributed by atoms with Crippen molar-refractivity contribution in [2.45, 2.75) is 194 Å². The number of carbonyl (C=O) groups is 1. The van der Waals surface area contributed by atoms with Crippen LogP contribution in [-0.4, -0.2) is 28.2 Å². The van der Waals surface area contributed by atoms with E-state index in [-0.39, 0.29) is 35.2 Å². The zero-order valence-corrected chi connectivity index (χ0v) is 28.7. The topological polar surface area (TPSA) is 38.8 Å². The molecule has 0 radical (unpaired) electrons.